The van der Waals surface area contributed by atoms with Gasteiger partial charge in [0, 0.05) is 15.8 Å². The summed E-state index contributed by atoms with van der Waals surface area (Å²) >= 11 is 2.08. The van der Waals surface area contributed by atoms with E-state index in [4.69, 9.17) is 0 Å². The Balaban J connectivity index is 2.11. The first-order valence-corrected chi connectivity index (χ1v) is 8.94. The molecule has 0 saturated heterocycles. The van der Waals surface area contributed by atoms with Gasteiger partial charge in [0.1, 0.15) is 0 Å². The molecule has 2 rings (SSSR count). The molecule has 2 heteroatoms. The standard InChI is InChI=1S/C17H29NS/c1-4-13(5-2)11-15(18-6-3)17-12-14-9-7-8-10-16(14)19-17/h12-13,15,18H,4-11H2,1-3H3. The molecule has 0 fully saturated rings. The van der Waals surface area contributed by atoms with Crippen LogP contribution < -0.4 is 5.32 Å². The van der Waals surface area contributed by atoms with Gasteiger partial charge in [0.05, 0.1) is 0 Å². The molecule has 1 aromatic rings. The molecule has 1 nitrogen and oxygen atoms in total. The predicted octanol–water partition coefficient (Wildman–Crippen LogP) is 5.10. The van der Waals surface area contributed by atoms with E-state index in [0.29, 0.717) is 6.04 Å². The third kappa shape index (κ3) is 3.82. The Morgan fingerprint density at radius 2 is 1.89 bits per heavy atom. The number of aryl methyl sites for hydroxylation is 2. The monoisotopic (exact) mass is 279 g/mol. The fraction of sp³-hybridized carbons (Fsp3) is 0.765. The average molecular weight is 279 g/mol. The highest BCUT2D eigenvalue weighted by Gasteiger charge is 2.20. The summed E-state index contributed by atoms with van der Waals surface area (Å²) in [5.41, 5.74) is 1.65. The minimum absolute atomic E-state index is 0.588. The highest BCUT2D eigenvalue weighted by Crippen LogP contribution is 2.35. The van der Waals surface area contributed by atoms with Crippen LogP contribution in [0, 0.1) is 5.92 Å². The van der Waals surface area contributed by atoms with E-state index in [2.05, 4.69) is 43.5 Å². The zero-order chi connectivity index (χ0) is 13.7. The van der Waals surface area contributed by atoms with Gasteiger partial charge < -0.3 is 5.32 Å². The molecule has 19 heavy (non-hydrogen) atoms. The van der Waals surface area contributed by atoms with Crippen LogP contribution in [-0.4, -0.2) is 6.54 Å². The molecule has 0 amide bonds. The summed E-state index contributed by atoms with van der Waals surface area (Å²) in [6.45, 7) is 7.97. The second-order valence-electron chi connectivity index (χ2n) is 5.83. The van der Waals surface area contributed by atoms with Gasteiger partial charge in [-0.3, -0.25) is 0 Å². The topological polar surface area (TPSA) is 12.0 Å². The van der Waals surface area contributed by atoms with Crippen LogP contribution in [0.4, 0.5) is 0 Å². The van der Waals surface area contributed by atoms with Crippen molar-refractivity contribution in [2.24, 2.45) is 5.92 Å². The van der Waals surface area contributed by atoms with Crippen molar-refractivity contribution >= 4 is 11.3 Å². The van der Waals surface area contributed by atoms with Gasteiger partial charge in [-0.25, -0.2) is 0 Å². The lowest BCUT2D eigenvalue weighted by atomic mass is 9.93. The van der Waals surface area contributed by atoms with Crippen molar-refractivity contribution in [2.45, 2.75) is 71.8 Å². The van der Waals surface area contributed by atoms with Crippen molar-refractivity contribution in [1.29, 1.82) is 0 Å². The summed E-state index contributed by atoms with van der Waals surface area (Å²) in [6, 6.07) is 3.10. The molecule has 0 aromatic carbocycles. The molecular weight excluding hydrogens is 250 g/mol. The third-order valence-corrected chi connectivity index (χ3v) is 5.88. The molecule has 0 radical (unpaired) electrons. The minimum atomic E-state index is 0.588. The second kappa shape index (κ2) is 7.44. The zero-order valence-electron chi connectivity index (χ0n) is 12.8. The molecule has 0 spiro atoms. The summed E-state index contributed by atoms with van der Waals surface area (Å²) in [7, 11) is 0. The van der Waals surface area contributed by atoms with Crippen LogP contribution in [0.5, 0.6) is 0 Å². The van der Waals surface area contributed by atoms with Crippen LogP contribution in [0.1, 0.15) is 74.2 Å². The average Bonchev–Trinajstić information content (AvgIpc) is 2.87. The quantitative estimate of drug-likeness (QED) is 0.732. The number of rotatable bonds is 7. The Hall–Kier alpha value is -0.340. The van der Waals surface area contributed by atoms with E-state index in [1.165, 1.54) is 44.9 Å². The van der Waals surface area contributed by atoms with Crippen molar-refractivity contribution in [1.82, 2.24) is 5.32 Å². The normalized spacial score (nSPS) is 16.6. The summed E-state index contributed by atoms with van der Waals surface area (Å²) in [6.07, 6.45) is 9.35. The van der Waals surface area contributed by atoms with Gasteiger partial charge >= 0.3 is 0 Å². The van der Waals surface area contributed by atoms with E-state index in [1.807, 2.05) is 0 Å². The molecule has 1 N–H and O–H groups in total. The molecule has 1 aromatic heterocycles. The smallest absolute Gasteiger partial charge is 0.0417 e. The lowest BCUT2D eigenvalue weighted by molar-refractivity contribution is 0.379. The molecule has 1 aliphatic carbocycles. The Kier molecular flexibility index (Phi) is 5.90. The van der Waals surface area contributed by atoms with E-state index < -0.39 is 0 Å². The summed E-state index contributed by atoms with van der Waals surface area (Å²) < 4.78 is 0. The highest BCUT2D eigenvalue weighted by atomic mass is 32.1. The molecule has 1 unspecified atom stereocenters. The minimum Gasteiger partial charge on any atom is -0.310 e. The largest absolute Gasteiger partial charge is 0.310 e. The van der Waals surface area contributed by atoms with E-state index in [1.54, 1.807) is 15.3 Å². The third-order valence-electron chi connectivity index (χ3n) is 4.53. The summed E-state index contributed by atoms with van der Waals surface area (Å²) in [5, 5.41) is 3.72. The van der Waals surface area contributed by atoms with Gasteiger partial charge in [-0.2, -0.15) is 0 Å². The SMILES string of the molecule is CCNC(CC(CC)CC)c1cc2c(s1)CCCC2. The lowest BCUT2D eigenvalue weighted by Gasteiger charge is -2.21. The van der Waals surface area contributed by atoms with E-state index in [9.17, 15) is 0 Å². The molecular formula is C17H29NS. The van der Waals surface area contributed by atoms with Crippen molar-refractivity contribution in [2.75, 3.05) is 6.54 Å². The Labute approximate surface area is 122 Å². The maximum absolute atomic E-state index is 3.72. The zero-order valence-corrected chi connectivity index (χ0v) is 13.6. The van der Waals surface area contributed by atoms with Crippen LogP contribution >= 0.6 is 11.3 Å². The molecule has 1 aliphatic rings. The van der Waals surface area contributed by atoms with Gasteiger partial charge in [-0.1, -0.05) is 33.6 Å². The van der Waals surface area contributed by atoms with Crippen molar-refractivity contribution in [3.8, 4) is 0 Å². The molecule has 1 heterocycles. The molecule has 0 aliphatic heterocycles. The first-order chi connectivity index (χ1) is 9.28. The number of hydrogen-bond donors (Lipinski definition) is 1. The Bertz CT molecular complexity index is 355. The van der Waals surface area contributed by atoms with Crippen LogP contribution in [0.15, 0.2) is 6.07 Å². The number of nitrogens with one attached hydrogen (secondary N) is 1. The first-order valence-electron chi connectivity index (χ1n) is 8.13. The van der Waals surface area contributed by atoms with Crippen LogP contribution in [0.3, 0.4) is 0 Å². The maximum atomic E-state index is 3.72. The Morgan fingerprint density at radius 3 is 2.53 bits per heavy atom. The van der Waals surface area contributed by atoms with Gasteiger partial charge in [-0.05, 0) is 56.2 Å². The van der Waals surface area contributed by atoms with Crippen molar-refractivity contribution in [3.63, 3.8) is 0 Å². The van der Waals surface area contributed by atoms with Gasteiger partial charge in [0.25, 0.3) is 0 Å². The fourth-order valence-corrected chi connectivity index (χ4v) is 4.53. The maximum Gasteiger partial charge on any atom is 0.0417 e. The summed E-state index contributed by atoms with van der Waals surface area (Å²) in [5.74, 6) is 0.864. The fourth-order valence-electron chi connectivity index (χ4n) is 3.19. The lowest BCUT2D eigenvalue weighted by Crippen LogP contribution is -2.22. The Morgan fingerprint density at radius 1 is 1.16 bits per heavy atom. The predicted molar refractivity (Wildman–Crippen MR) is 86.1 cm³/mol. The molecule has 108 valence electrons. The summed E-state index contributed by atoms with van der Waals surface area (Å²) in [4.78, 5) is 3.27. The van der Waals surface area contributed by atoms with Crippen molar-refractivity contribution < 1.29 is 0 Å². The van der Waals surface area contributed by atoms with Gasteiger partial charge in [0.2, 0.25) is 0 Å². The van der Waals surface area contributed by atoms with E-state index >= 15 is 0 Å². The second-order valence-corrected chi connectivity index (χ2v) is 7.00. The van der Waals surface area contributed by atoms with E-state index in [-0.39, 0.29) is 0 Å². The number of fused-ring (bicyclic) bond motifs is 1. The first kappa shape index (κ1) is 15.1. The number of hydrogen-bond acceptors (Lipinski definition) is 2. The van der Waals surface area contributed by atoms with Crippen LogP contribution in [0.2, 0.25) is 0 Å². The van der Waals surface area contributed by atoms with Gasteiger partial charge in [0.15, 0.2) is 0 Å². The van der Waals surface area contributed by atoms with Crippen LogP contribution in [0.25, 0.3) is 0 Å². The molecule has 1 atom stereocenters. The van der Waals surface area contributed by atoms with Crippen LogP contribution in [-0.2, 0) is 12.8 Å². The van der Waals surface area contributed by atoms with Gasteiger partial charge in [-0.15, -0.1) is 11.3 Å². The highest BCUT2D eigenvalue weighted by molar-refractivity contribution is 7.12. The number of thiophene rings is 1. The molecule has 0 bridgehead atoms. The van der Waals surface area contributed by atoms with Crippen molar-refractivity contribution in [3.05, 3.63) is 21.4 Å². The molecule has 0 saturated carbocycles. The van der Waals surface area contributed by atoms with E-state index in [0.717, 1.165) is 12.5 Å².